The summed E-state index contributed by atoms with van der Waals surface area (Å²) < 4.78 is 0. The molecule has 10 heavy (non-hydrogen) atoms. The lowest BCUT2D eigenvalue weighted by atomic mass is 10.5. The van der Waals surface area contributed by atoms with Crippen LogP contribution in [-0.2, 0) is 4.79 Å². The highest BCUT2D eigenvalue weighted by atomic mass is 32.2. The second kappa shape index (κ2) is 4.06. The predicted molar refractivity (Wildman–Crippen MR) is 41.0 cm³/mol. The number of nitrogens with zero attached hydrogens (tertiary/aromatic N) is 1. The van der Waals surface area contributed by atoms with Gasteiger partial charge in [-0.15, -0.1) is 11.8 Å². The van der Waals surface area contributed by atoms with Crippen LogP contribution in [0.25, 0.3) is 0 Å². The molecule has 1 aromatic rings. The van der Waals surface area contributed by atoms with Crippen LogP contribution in [0.3, 0.4) is 0 Å². The van der Waals surface area contributed by atoms with Crippen molar-refractivity contribution in [2.75, 3.05) is 5.75 Å². The van der Waals surface area contributed by atoms with Gasteiger partial charge in [0, 0.05) is 17.3 Å². The monoisotopic (exact) mass is 153 g/mol. The molecular formula is C7H7NOS. The van der Waals surface area contributed by atoms with Gasteiger partial charge >= 0.3 is 0 Å². The van der Waals surface area contributed by atoms with E-state index in [2.05, 4.69) is 4.98 Å². The minimum absolute atomic E-state index is 0.518. The Kier molecular flexibility index (Phi) is 2.96. The highest BCUT2D eigenvalue weighted by molar-refractivity contribution is 7.99. The minimum Gasteiger partial charge on any atom is -0.302 e. The van der Waals surface area contributed by atoms with Crippen LogP contribution in [0.4, 0.5) is 0 Å². The van der Waals surface area contributed by atoms with Gasteiger partial charge in [0.2, 0.25) is 0 Å². The summed E-state index contributed by atoms with van der Waals surface area (Å²) >= 11 is 1.51. The van der Waals surface area contributed by atoms with Crippen LogP contribution in [0.15, 0.2) is 29.4 Å². The molecule has 0 amide bonds. The topological polar surface area (TPSA) is 30.0 Å². The van der Waals surface area contributed by atoms with Crippen molar-refractivity contribution in [1.29, 1.82) is 0 Å². The Morgan fingerprint density at radius 3 is 2.80 bits per heavy atom. The van der Waals surface area contributed by atoms with Crippen molar-refractivity contribution in [3.63, 3.8) is 0 Å². The van der Waals surface area contributed by atoms with Gasteiger partial charge in [-0.1, -0.05) is 0 Å². The molecule has 0 N–H and O–H groups in total. The Balaban J connectivity index is 2.50. The van der Waals surface area contributed by atoms with E-state index in [1.54, 1.807) is 12.4 Å². The highest BCUT2D eigenvalue weighted by Gasteiger charge is 1.88. The number of hydrogen-bond donors (Lipinski definition) is 0. The first-order chi connectivity index (χ1) is 4.93. The summed E-state index contributed by atoms with van der Waals surface area (Å²) in [5.41, 5.74) is 0. The van der Waals surface area contributed by atoms with Gasteiger partial charge in [0.15, 0.2) is 0 Å². The molecule has 1 rings (SSSR count). The van der Waals surface area contributed by atoms with E-state index < -0.39 is 0 Å². The summed E-state index contributed by atoms with van der Waals surface area (Å²) in [7, 11) is 0. The lowest BCUT2D eigenvalue weighted by Gasteiger charge is -1.92. The molecule has 2 nitrogen and oxygen atoms in total. The Morgan fingerprint density at radius 1 is 1.50 bits per heavy atom. The van der Waals surface area contributed by atoms with E-state index in [0.717, 1.165) is 11.2 Å². The fourth-order valence-electron chi connectivity index (χ4n) is 0.565. The summed E-state index contributed by atoms with van der Waals surface area (Å²) in [5, 5.41) is 0. The van der Waals surface area contributed by atoms with Crippen LogP contribution in [-0.4, -0.2) is 17.0 Å². The van der Waals surface area contributed by atoms with Gasteiger partial charge in [0.25, 0.3) is 0 Å². The smallest absolute Gasteiger partial charge is 0.130 e. The third kappa shape index (κ3) is 2.19. The zero-order chi connectivity index (χ0) is 7.23. The number of rotatable bonds is 3. The first-order valence-electron chi connectivity index (χ1n) is 2.90. The number of thioether (sulfide) groups is 1. The first kappa shape index (κ1) is 7.28. The molecule has 0 aliphatic rings. The zero-order valence-corrected chi connectivity index (χ0v) is 6.17. The molecule has 0 saturated carbocycles. The average molecular weight is 153 g/mol. The maximum absolute atomic E-state index is 9.94. The fraction of sp³-hybridized carbons (Fsp3) is 0.143. The lowest BCUT2D eigenvalue weighted by molar-refractivity contribution is -0.105. The largest absolute Gasteiger partial charge is 0.302 e. The molecular weight excluding hydrogens is 146 g/mol. The SMILES string of the molecule is O=CCSc1ccncc1. The van der Waals surface area contributed by atoms with Gasteiger partial charge < -0.3 is 4.79 Å². The molecule has 0 unspecified atom stereocenters. The maximum Gasteiger partial charge on any atom is 0.130 e. The molecule has 0 fully saturated rings. The van der Waals surface area contributed by atoms with Crippen molar-refractivity contribution in [2.45, 2.75) is 4.90 Å². The molecule has 1 heterocycles. The van der Waals surface area contributed by atoms with Crippen molar-refractivity contribution in [1.82, 2.24) is 4.98 Å². The van der Waals surface area contributed by atoms with E-state index >= 15 is 0 Å². The normalized spacial score (nSPS) is 9.20. The quantitative estimate of drug-likeness (QED) is 0.485. The standard InChI is InChI=1S/C7H7NOS/c9-5-6-10-7-1-3-8-4-2-7/h1-5H,6H2. The van der Waals surface area contributed by atoms with Crippen LogP contribution in [0.5, 0.6) is 0 Å². The molecule has 0 aliphatic heterocycles. The summed E-state index contributed by atoms with van der Waals surface area (Å²) in [5.74, 6) is 0.518. The van der Waals surface area contributed by atoms with Crippen LogP contribution >= 0.6 is 11.8 Å². The maximum atomic E-state index is 9.94. The zero-order valence-electron chi connectivity index (χ0n) is 5.36. The van der Waals surface area contributed by atoms with E-state index in [0.29, 0.717) is 5.75 Å². The van der Waals surface area contributed by atoms with Crippen molar-refractivity contribution < 1.29 is 4.79 Å². The average Bonchev–Trinajstić information content (AvgIpc) is 2.03. The number of carbonyl (C=O) groups is 1. The second-order valence-electron chi connectivity index (χ2n) is 1.66. The van der Waals surface area contributed by atoms with Crippen LogP contribution in [0.1, 0.15) is 0 Å². The summed E-state index contributed by atoms with van der Waals surface area (Å²) in [6, 6.07) is 3.77. The Morgan fingerprint density at radius 2 is 2.20 bits per heavy atom. The third-order valence-electron chi connectivity index (χ3n) is 0.968. The van der Waals surface area contributed by atoms with Gasteiger partial charge in [-0.3, -0.25) is 4.98 Å². The van der Waals surface area contributed by atoms with E-state index in [-0.39, 0.29) is 0 Å². The first-order valence-corrected chi connectivity index (χ1v) is 3.88. The minimum atomic E-state index is 0.518. The van der Waals surface area contributed by atoms with Gasteiger partial charge in [0.05, 0.1) is 5.75 Å². The third-order valence-corrected chi connectivity index (χ3v) is 1.88. The number of aldehydes is 1. The summed E-state index contributed by atoms with van der Waals surface area (Å²) in [6.07, 6.45) is 4.32. The van der Waals surface area contributed by atoms with Gasteiger partial charge in [-0.2, -0.15) is 0 Å². The molecule has 1 aromatic heterocycles. The van der Waals surface area contributed by atoms with E-state index in [1.165, 1.54) is 11.8 Å². The number of carbonyl (C=O) groups excluding carboxylic acids is 1. The lowest BCUT2D eigenvalue weighted by Crippen LogP contribution is -1.78. The van der Waals surface area contributed by atoms with Gasteiger partial charge in [-0.25, -0.2) is 0 Å². The molecule has 0 atom stereocenters. The summed E-state index contributed by atoms with van der Waals surface area (Å²) in [4.78, 5) is 14.9. The molecule has 0 aromatic carbocycles. The van der Waals surface area contributed by atoms with Crippen molar-refractivity contribution in [2.24, 2.45) is 0 Å². The molecule has 52 valence electrons. The molecule has 0 radical (unpaired) electrons. The highest BCUT2D eigenvalue weighted by Crippen LogP contribution is 2.13. The number of hydrogen-bond acceptors (Lipinski definition) is 3. The Hall–Kier alpha value is -0.830. The summed E-state index contributed by atoms with van der Waals surface area (Å²) in [6.45, 7) is 0. The van der Waals surface area contributed by atoms with Crippen molar-refractivity contribution in [3.8, 4) is 0 Å². The molecule has 0 aliphatic carbocycles. The van der Waals surface area contributed by atoms with E-state index in [1.807, 2.05) is 12.1 Å². The molecule has 0 saturated heterocycles. The number of aromatic nitrogens is 1. The molecule has 0 spiro atoms. The Bertz CT molecular complexity index is 200. The Labute approximate surface area is 63.7 Å². The molecule has 0 bridgehead atoms. The van der Waals surface area contributed by atoms with Crippen LogP contribution < -0.4 is 0 Å². The fourth-order valence-corrected chi connectivity index (χ4v) is 1.14. The van der Waals surface area contributed by atoms with Crippen LogP contribution in [0, 0.1) is 0 Å². The predicted octanol–water partition coefficient (Wildman–Crippen LogP) is 1.37. The van der Waals surface area contributed by atoms with Crippen molar-refractivity contribution in [3.05, 3.63) is 24.5 Å². The van der Waals surface area contributed by atoms with Crippen LogP contribution in [0.2, 0.25) is 0 Å². The molecule has 3 heteroatoms. The number of pyridine rings is 1. The van der Waals surface area contributed by atoms with E-state index in [9.17, 15) is 4.79 Å². The van der Waals surface area contributed by atoms with Gasteiger partial charge in [-0.05, 0) is 12.1 Å². The second-order valence-corrected chi connectivity index (χ2v) is 2.75. The van der Waals surface area contributed by atoms with Gasteiger partial charge in [0.1, 0.15) is 6.29 Å². The van der Waals surface area contributed by atoms with E-state index in [4.69, 9.17) is 0 Å². The van der Waals surface area contributed by atoms with Crippen molar-refractivity contribution >= 4 is 18.0 Å².